The maximum Gasteiger partial charge on any atom is 0.242 e. The number of nitrogens with one attached hydrogen (secondary N) is 2. The van der Waals surface area contributed by atoms with E-state index in [1.807, 2.05) is 55.5 Å². The van der Waals surface area contributed by atoms with Crippen LogP contribution in [0.1, 0.15) is 12.5 Å². The molecule has 0 aliphatic heterocycles. The number of nitrogens with zero attached hydrogens (tertiary/aromatic N) is 2. The van der Waals surface area contributed by atoms with Gasteiger partial charge in [0.25, 0.3) is 0 Å². The molecule has 2 N–H and O–H groups in total. The molecule has 0 aliphatic rings. The van der Waals surface area contributed by atoms with Gasteiger partial charge in [0.05, 0.1) is 12.6 Å². The molecular weight excluding hydrogens is 328 g/mol. The molecule has 0 saturated carbocycles. The van der Waals surface area contributed by atoms with Gasteiger partial charge in [0.1, 0.15) is 23.9 Å². The molecule has 26 heavy (non-hydrogen) atoms. The molecule has 1 atom stereocenters. The second kappa shape index (κ2) is 8.29. The standard InChI is InChI=1S/C20H22N4O2/c1-14(24-19-17-5-3-4-6-18(17)22-13-23-19)20(25)21-12-11-15-7-9-16(26-2)10-8-15/h3-10,13-14H,11-12H2,1-2H3,(H,21,25)(H,22,23,24). The Morgan fingerprint density at radius 1 is 1.12 bits per heavy atom. The summed E-state index contributed by atoms with van der Waals surface area (Å²) in [5.41, 5.74) is 1.99. The highest BCUT2D eigenvalue weighted by Gasteiger charge is 2.14. The third-order valence-electron chi connectivity index (χ3n) is 4.16. The average Bonchev–Trinajstić information content (AvgIpc) is 2.68. The van der Waals surface area contributed by atoms with Crippen molar-refractivity contribution >= 4 is 22.6 Å². The lowest BCUT2D eigenvalue weighted by atomic mass is 10.1. The van der Waals surface area contributed by atoms with Crippen molar-refractivity contribution in [1.29, 1.82) is 0 Å². The lowest BCUT2D eigenvalue weighted by Gasteiger charge is -2.15. The monoisotopic (exact) mass is 350 g/mol. The van der Waals surface area contributed by atoms with Crippen LogP contribution in [0, 0.1) is 0 Å². The molecular formula is C20H22N4O2. The van der Waals surface area contributed by atoms with Gasteiger partial charge >= 0.3 is 0 Å². The number of methoxy groups -OCH3 is 1. The van der Waals surface area contributed by atoms with Crippen molar-refractivity contribution in [3.05, 3.63) is 60.4 Å². The van der Waals surface area contributed by atoms with Gasteiger partial charge in [-0.25, -0.2) is 9.97 Å². The molecule has 1 unspecified atom stereocenters. The zero-order valence-electron chi connectivity index (χ0n) is 14.9. The first-order valence-corrected chi connectivity index (χ1v) is 8.54. The number of rotatable bonds is 7. The molecule has 0 saturated heterocycles. The first-order chi connectivity index (χ1) is 12.7. The quantitative estimate of drug-likeness (QED) is 0.685. The number of hydrogen-bond donors (Lipinski definition) is 2. The first-order valence-electron chi connectivity index (χ1n) is 8.54. The van der Waals surface area contributed by atoms with Gasteiger partial charge in [-0.2, -0.15) is 0 Å². The maximum absolute atomic E-state index is 12.3. The number of carbonyl (C=O) groups excluding carboxylic acids is 1. The van der Waals surface area contributed by atoms with E-state index in [-0.39, 0.29) is 5.91 Å². The number of benzene rings is 2. The summed E-state index contributed by atoms with van der Waals surface area (Å²) in [7, 11) is 1.64. The number of ether oxygens (including phenoxy) is 1. The molecule has 134 valence electrons. The van der Waals surface area contributed by atoms with Gasteiger partial charge in [-0.1, -0.05) is 24.3 Å². The molecule has 1 aromatic heterocycles. The summed E-state index contributed by atoms with van der Waals surface area (Å²) in [6, 6.07) is 15.1. The number of para-hydroxylation sites is 1. The normalized spacial score (nSPS) is 11.8. The van der Waals surface area contributed by atoms with Crippen LogP contribution in [0.2, 0.25) is 0 Å². The number of hydrogen-bond acceptors (Lipinski definition) is 5. The van der Waals surface area contributed by atoms with E-state index in [1.54, 1.807) is 7.11 Å². The summed E-state index contributed by atoms with van der Waals surface area (Å²) in [6.45, 7) is 2.39. The number of fused-ring (bicyclic) bond motifs is 1. The third-order valence-corrected chi connectivity index (χ3v) is 4.16. The van der Waals surface area contributed by atoms with E-state index in [0.717, 1.165) is 28.6 Å². The maximum atomic E-state index is 12.3. The lowest BCUT2D eigenvalue weighted by Crippen LogP contribution is -2.38. The summed E-state index contributed by atoms with van der Waals surface area (Å²) in [5, 5.41) is 7.02. The summed E-state index contributed by atoms with van der Waals surface area (Å²) in [6.07, 6.45) is 2.26. The van der Waals surface area contributed by atoms with Crippen molar-refractivity contribution in [1.82, 2.24) is 15.3 Å². The predicted molar refractivity (Wildman–Crippen MR) is 102 cm³/mol. The highest BCUT2D eigenvalue weighted by Crippen LogP contribution is 2.19. The Hall–Kier alpha value is -3.15. The van der Waals surface area contributed by atoms with E-state index in [9.17, 15) is 4.79 Å². The van der Waals surface area contributed by atoms with Crippen LogP contribution in [0.15, 0.2) is 54.9 Å². The van der Waals surface area contributed by atoms with E-state index in [1.165, 1.54) is 6.33 Å². The zero-order valence-corrected chi connectivity index (χ0v) is 14.9. The minimum absolute atomic E-state index is 0.0683. The van der Waals surface area contributed by atoms with Gasteiger partial charge in [-0.3, -0.25) is 4.79 Å². The summed E-state index contributed by atoms with van der Waals surface area (Å²) < 4.78 is 5.14. The average molecular weight is 350 g/mol. The van der Waals surface area contributed by atoms with E-state index < -0.39 is 6.04 Å². The number of carbonyl (C=O) groups is 1. The molecule has 0 fully saturated rings. The SMILES string of the molecule is COc1ccc(CCNC(=O)C(C)Nc2ncnc3ccccc23)cc1. The fourth-order valence-corrected chi connectivity index (χ4v) is 2.67. The van der Waals surface area contributed by atoms with Crippen LogP contribution in [-0.2, 0) is 11.2 Å². The second-order valence-electron chi connectivity index (χ2n) is 5.99. The van der Waals surface area contributed by atoms with Crippen LogP contribution < -0.4 is 15.4 Å². The second-order valence-corrected chi connectivity index (χ2v) is 5.99. The fourth-order valence-electron chi connectivity index (χ4n) is 2.67. The molecule has 0 bridgehead atoms. The minimum Gasteiger partial charge on any atom is -0.497 e. The summed E-state index contributed by atoms with van der Waals surface area (Å²) in [5.74, 6) is 1.42. The van der Waals surface area contributed by atoms with Crippen LogP contribution in [0.4, 0.5) is 5.82 Å². The van der Waals surface area contributed by atoms with Crippen LogP contribution in [-0.4, -0.2) is 35.6 Å². The molecule has 1 amide bonds. The molecule has 2 aromatic carbocycles. The Balaban J connectivity index is 1.54. The Morgan fingerprint density at radius 3 is 2.65 bits per heavy atom. The van der Waals surface area contributed by atoms with Crippen LogP contribution in [0.3, 0.4) is 0 Å². The topological polar surface area (TPSA) is 76.1 Å². The highest BCUT2D eigenvalue weighted by molar-refractivity contribution is 5.91. The van der Waals surface area contributed by atoms with Crippen molar-refractivity contribution in [2.75, 3.05) is 19.0 Å². The van der Waals surface area contributed by atoms with Gasteiger partial charge in [-0.05, 0) is 43.2 Å². The van der Waals surface area contributed by atoms with Crippen molar-refractivity contribution in [2.24, 2.45) is 0 Å². The zero-order chi connectivity index (χ0) is 18.4. The highest BCUT2D eigenvalue weighted by atomic mass is 16.5. The molecule has 0 spiro atoms. The van der Waals surface area contributed by atoms with Gasteiger partial charge in [0.15, 0.2) is 0 Å². The lowest BCUT2D eigenvalue weighted by molar-refractivity contribution is -0.121. The molecule has 0 radical (unpaired) electrons. The predicted octanol–water partition coefficient (Wildman–Crippen LogP) is 2.80. The molecule has 1 heterocycles. The van der Waals surface area contributed by atoms with Crippen LogP contribution >= 0.6 is 0 Å². The van der Waals surface area contributed by atoms with Crippen molar-refractivity contribution in [3.63, 3.8) is 0 Å². The van der Waals surface area contributed by atoms with Gasteiger partial charge in [0, 0.05) is 11.9 Å². The molecule has 3 aromatic rings. The van der Waals surface area contributed by atoms with Crippen LogP contribution in [0.25, 0.3) is 10.9 Å². The Bertz CT molecular complexity index is 875. The van der Waals surface area contributed by atoms with Crippen molar-refractivity contribution < 1.29 is 9.53 Å². The minimum atomic E-state index is -0.399. The van der Waals surface area contributed by atoms with E-state index in [2.05, 4.69) is 20.6 Å². The summed E-state index contributed by atoms with van der Waals surface area (Å²) in [4.78, 5) is 20.8. The van der Waals surface area contributed by atoms with Crippen LogP contribution in [0.5, 0.6) is 5.75 Å². The van der Waals surface area contributed by atoms with E-state index in [0.29, 0.717) is 12.4 Å². The number of aromatic nitrogens is 2. The smallest absolute Gasteiger partial charge is 0.242 e. The molecule has 3 rings (SSSR count). The third kappa shape index (κ3) is 4.27. The summed E-state index contributed by atoms with van der Waals surface area (Å²) >= 11 is 0. The van der Waals surface area contributed by atoms with E-state index >= 15 is 0 Å². The Morgan fingerprint density at radius 2 is 1.88 bits per heavy atom. The number of anilines is 1. The molecule has 6 nitrogen and oxygen atoms in total. The fraction of sp³-hybridized carbons (Fsp3) is 0.250. The van der Waals surface area contributed by atoms with Crippen molar-refractivity contribution in [3.8, 4) is 5.75 Å². The molecule has 0 aliphatic carbocycles. The van der Waals surface area contributed by atoms with Gasteiger partial charge < -0.3 is 15.4 Å². The Kier molecular flexibility index (Phi) is 5.63. The number of amides is 1. The largest absolute Gasteiger partial charge is 0.497 e. The Labute approximate surface area is 152 Å². The van der Waals surface area contributed by atoms with E-state index in [4.69, 9.17) is 4.74 Å². The van der Waals surface area contributed by atoms with Gasteiger partial charge in [0.2, 0.25) is 5.91 Å². The first kappa shape index (κ1) is 17.7. The van der Waals surface area contributed by atoms with Gasteiger partial charge in [-0.15, -0.1) is 0 Å². The molecule has 6 heteroatoms. The van der Waals surface area contributed by atoms with Crippen molar-refractivity contribution in [2.45, 2.75) is 19.4 Å².